The average molecular weight is 253 g/mol. The van der Waals surface area contributed by atoms with Gasteiger partial charge in [0.2, 0.25) is 0 Å². The van der Waals surface area contributed by atoms with Gasteiger partial charge in [-0.2, -0.15) is 0 Å². The summed E-state index contributed by atoms with van der Waals surface area (Å²) in [5.74, 6) is -0.738. The molecule has 0 aliphatic carbocycles. The maximum atomic E-state index is 10.5. The number of piperazine rings is 1. The lowest BCUT2D eigenvalue weighted by Gasteiger charge is -2.33. The minimum atomic E-state index is -0.738. The smallest absolute Gasteiger partial charge is 0.317 e. The van der Waals surface area contributed by atoms with Gasteiger partial charge in [-0.25, -0.2) is 0 Å². The zero-order valence-corrected chi connectivity index (χ0v) is 10.5. The number of nitrogens with zero attached hydrogens (tertiary/aromatic N) is 2. The van der Waals surface area contributed by atoms with Crippen molar-refractivity contribution in [2.24, 2.45) is 0 Å². The van der Waals surface area contributed by atoms with E-state index >= 15 is 0 Å². The van der Waals surface area contributed by atoms with Crippen LogP contribution in [0.5, 0.6) is 0 Å². The Morgan fingerprint density at radius 3 is 2.31 bits per heavy atom. The molecule has 1 N–H and O–H groups in total. The minimum Gasteiger partial charge on any atom is -0.480 e. The van der Waals surface area contributed by atoms with E-state index < -0.39 is 5.97 Å². The van der Waals surface area contributed by atoms with Crippen LogP contribution in [0.25, 0.3) is 0 Å². The first-order valence-corrected chi connectivity index (χ1v) is 5.46. The molecule has 1 saturated heterocycles. The van der Waals surface area contributed by atoms with E-state index in [4.69, 9.17) is 9.84 Å². The second-order valence-electron chi connectivity index (χ2n) is 3.71. The maximum absolute atomic E-state index is 10.5. The average Bonchev–Trinajstić information content (AvgIpc) is 2.20. The molecule has 0 spiro atoms. The Morgan fingerprint density at radius 2 is 1.81 bits per heavy atom. The number of ether oxygens (including phenoxy) is 1. The summed E-state index contributed by atoms with van der Waals surface area (Å²) < 4.78 is 5.28. The summed E-state index contributed by atoms with van der Waals surface area (Å²) >= 11 is 0. The molecule has 96 valence electrons. The Bertz CT molecular complexity index is 197. The molecule has 0 aromatic carbocycles. The third-order valence-corrected chi connectivity index (χ3v) is 2.58. The van der Waals surface area contributed by atoms with E-state index in [9.17, 15) is 4.79 Å². The lowest BCUT2D eigenvalue weighted by Crippen LogP contribution is -2.48. The van der Waals surface area contributed by atoms with Gasteiger partial charge in [0.15, 0.2) is 0 Å². The van der Waals surface area contributed by atoms with Crippen LogP contribution < -0.4 is 0 Å². The molecule has 1 rings (SSSR count). The van der Waals surface area contributed by atoms with Crippen LogP contribution in [-0.2, 0) is 9.53 Å². The van der Waals surface area contributed by atoms with Crippen LogP contribution in [-0.4, -0.2) is 73.4 Å². The number of hydrogen-bond acceptors (Lipinski definition) is 4. The molecular weight excluding hydrogens is 232 g/mol. The van der Waals surface area contributed by atoms with E-state index in [0.29, 0.717) is 0 Å². The van der Waals surface area contributed by atoms with Crippen molar-refractivity contribution in [2.45, 2.75) is 6.92 Å². The van der Waals surface area contributed by atoms with Crippen molar-refractivity contribution in [1.82, 2.24) is 9.80 Å². The van der Waals surface area contributed by atoms with Crippen molar-refractivity contribution < 1.29 is 14.6 Å². The second kappa shape index (κ2) is 8.75. The SMILES string of the molecule is CCOCCN1CCN(CC(=O)O)CC1.Cl. The summed E-state index contributed by atoms with van der Waals surface area (Å²) in [6, 6.07) is 0. The Balaban J connectivity index is 0.00000225. The summed E-state index contributed by atoms with van der Waals surface area (Å²) in [4.78, 5) is 14.8. The van der Waals surface area contributed by atoms with Gasteiger partial charge >= 0.3 is 5.97 Å². The number of carboxylic acid groups (broad SMARTS) is 1. The summed E-state index contributed by atoms with van der Waals surface area (Å²) in [6.45, 7) is 8.23. The molecule has 0 aromatic rings. The number of aliphatic carboxylic acids is 1. The molecule has 1 aliphatic rings. The molecule has 0 radical (unpaired) electrons. The highest BCUT2D eigenvalue weighted by atomic mass is 35.5. The Labute approximate surface area is 103 Å². The fraction of sp³-hybridized carbons (Fsp3) is 0.900. The van der Waals surface area contributed by atoms with Crippen LogP contribution in [0.15, 0.2) is 0 Å². The quantitative estimate of drug-likeness (QED) is 0.682. The zero-order chi connectivity index (χ0) is 11.1. The van der Waals surface area contributed by atoms with Crippen molar-refractivity contribution in [2.75, 3.05) is 52.5 Å². The molecule has 1 aliphatic heterocycles. The summed E-state index contributed by atoms with van der Waals surface area (Å²) in [5.41, 5.74) is 0. The monoisotopic (exact) mass is 252 g/mol. The summed E-state index contributed by atoms with van der Waals surface area (Å²) in [6.07, 6.45) is 0. The Morgan fingerprint density at radius 1 is 1.25 bits per heavy atom. The Kier molecular flexibility index (Phi) is 8.56. The van der Waals surface area contributed by atoms with Crippen molar-refractivity contribution in [3.05, 3.63) is 0 Å². The number of rotatable bonds is 6. The molecule has 0 amide bonds. The van der Waals surface area contributed by atoms with Gasteiger partial charge in [0.25, 0.3) is 0 Å². The fourth-order valence-electron chi connectivity index (χ4n) is 1.70. The molecule has 16 heavy (non-hydrogen) atoms. The maximum Gasteiger partial charge on any atom is 0.317 e. The van der Waals surface area contributed by atoms with Crippen molar-refractivity contribution in [3.63, 3.8) is 0 Å². The molecule has 6 heteroatoms. The standard InChI is InChI=1S/C10H20N2O3.ClH/c1-2-15-8-7-11-3-5-12(6-4-11)9-10(13)14;/h2-9H2,1H3,(H,13,14);1H. The predicted octanol–water partition coefficient (Wildman–Crippen LogP) is 0.147. The first kappa shape index (κ1) is 15.6. The molecule has 1 heterocycles. The van der Waals surface area contributed by atoms with Gasteiger partial charge in [-0.15, -0.1) is 12.4 Å². The number of carboxylic acids is 1. The molecule has 0 bridgehead atoms. The number of carbonyl (C=O) groups is 1. The highest BCUT2D eigenvalue weighted by molar-refractivity contribution is 5.85. The van der Waals surface area contributed by atoms with Crippen LogP contribution in [0, 0.1) is 0 Å². The summed E-state index contributed by atoms with van der Waals surface area (Å²) in [7, 11) is 0. The van der Waals surface area contributed by atoms with Crippen molar-refractivity contribution >= 4 is 18.4 Å². The van der Waals surface area contributed by atoms with E-state index in [1.165, 1.54) is 0 Å². The lowest BCUT2D eigenvalue weighted by molar-refractivity contribution is -0.138. The van der Waals surface area contributed by atoms with E-state index in [-0.39, 0.29) is 19.0 Å². The largest absolute Gasteiger partial charge is 0.480 e. The first-order valence-electron chi connectivity index (χ1n) is 5.46. The third kappa shape index (κ3) is 6.27. The molecule has 1 fully saturated rings. The van der Waals surface area contributed by atoms with Crippen LogP contribution in [0.3, 0.4) is 0 Å². The number of halogens is 1. The van der Waals surface area contributed by atoms with Gasteiger partial charge < -0.3 is 9.84 Å². The topological polar surface area (TPSA) is 53.0 Å². The first-order chi connectivity index (χ1) is 7.22. The van der Waals surface area contributed by atoms with E-state index in [0.717, 1.165) is 45.9 Å². The van der Waals surface area contributed by atoms with Crippen molar-refractivity contribution in [1.29, 1.82) is 0 Å². The molecule has 5 nitrogen and oxygen atoms in total. The van der Waals surface area contributed by atoms with Crippen LogP contribution >= 0.6 is 12.4 Å². The summed E-state index contributed by atoms with van der Waals surface area (Å²) in [5, 5.41) is 8.63. The Hall–Kier alpha value is -0.360. The molecular formula is C10H21ClN2O3. The minimum absolute atomic E-state index is 0. The highest BCUT2D eigenvalue weighted by Crippen LogP contribution is 2.00. The third-order valence-electron chi connectivity index (χ3n) is 2.58. The van der Waals surface area contributed by atoms with Gasteiger partial charge in [0.1, 0.15) is 0 Å². The zero-order valence-electron chi connectivity index (χ0n) is 9.72. The van der Waals surface area contributed by atoms with Crippen LogP contribution in [0.2, 0.25) is 0 Å². The van der Waals surface area contributed by atoms with Crippen LogP contribution in [0.1, 0.15) is 6.92 Å². The number of hydrogen-bond donors (Lipinski definition) is 1. The normalized spacial score (nSPS) is 18.1. The molecule has 0 saturated carbocycles. The van der Waals surface area contributed by atoms with Gasteiger partial charge in [-0.3, -0.25) is 14.6 Å². The predicted molar refractivity (Wildman–Crippen MR) is 64.3 cm³/mol. The van der Waals surface area contributed by atoms with Gasteiger partial charge in [0.05, 0.1) is 13.2 Å². The lowest BCUT2D eigenvalue weighted by atomic mass is 10.3. The van der Waals surface area contributed by atoms with Crippen molar-refractivity contribution in [3.8, 4) is 0 Å². The van der Waals surface area contributed by atoms with E-state index in [2.05, 4.69) is 4.90 Å². The van der Waals surface area contributed by atoms with Gasteiger partial charge in [-0.05, 0) is 6.92 Å². The highest BCUT2D eigenvalue weighted by Gasteiger charge is 2.17. The molecule has 0 unspecified atom stereocenters. The van der Waals surface area contributed by atoms with Crippen LogP contribution in [0.4, 0.5) is 0 Å². The van der Waals surface area contributed by atoms with Gasteiger partial charge in [-0.1, -0.05) is 0 Å². The fourth-order valence-corrected chi connectivity index (χ4v) is 1.70. The molecule has 0 aromatic heterocycles. The second-order valence-corrected chi connectivity index (χ2v) is 3.71. The van der Waals surface area contributed by atoms with E-state index in [1.54, 1.807) is 0 Å². The molecule has 0 atom stereocenters. The van der Waals surface area contributed by atoms with Gasteiger partial charge in [0, 0.05) is 39.3 Å². The van der Waals surface area contributed by atoms with E-state index in [1.807, 2.05) is 11.8 Å².